The van der Waals surface area contributed by atoms with Gasteiger partial charge >= 0.3 is 0 Å². The number of aryl methyl sites for hydroxylation is 1. The molecule has 4 aromatic rings. The number of hydrogen-bond acceptors (Lipinski definition) is 7. The van der Waals surface area contributed by atoms with Crippen LogP contribution in [0.1, 0.15) is 16.1 Å². The summed E-state index contributed by atoms with van der Waals surface area (Å²) in [5, 5.41) is 4.62. The summed E-state index contributed by atoms with van der Waals surface area (Å²) in [6.07, 6.45) is 1.35. The van der Waals surface area contributed by atoms with Gasteiger partial charge in [-0.15, -0.1) is 0 Å². The second kappa shape index (κ2) is 8.22. The molecule has 0 aliphatic heterocycles. The van der Waals surface area contributed by atoms with Gasteiger partial charge in [-0.05, 0) is 49.4 Å². The molecule has 0 aliphatic rings. The number of hydrazine groups is 1. The van der Waals surface area contributed by atoms with E-state index in [4.69, 9.17) is 17.3 Å². The van der Waals surface area contributed by atoms with Gasteiger partial charge in [-0.2, -0.15) is 0 Å². The van der Waals surface area contributed by atoms with E-state index in [1.165, 1.54) is 6.33 Å². The molecule has 0 bridgehead atoms. The molecule has 2 aromatic carbocycles. The van der Waals surface area contributed by atoms with E-state index >= 15 is 0 Å². The number of nitrogen functional groups attached to an aromatic ring is 1. The first-order valence-electron chi connectivity index (χ1n) is 9.07. The van der Waals surface area contributed by atoms with Crippen LogP contribution in [0.3, 0.4) is 0 Å². The van der Waals surface area contributed by atoms with Crippen molar-refractivity contribution >= 4 is 51.4 Å². The fraction of sp³-hybridized carbons (Fsp3) is 0.0476. The normalized spacial score (nSPS) is 10.6. The molecule has 4 rings (SSSR count). The average molecular weight is 420 g/mol. The van der Waals surface area contributed by atoms with Crippen LogP contribution in [0, 0.1) is 6.92 Å². The molecular formula is C21H18ClN7O. The van der Waals surface area contributed by atoms with E-state index in [9.17, 15) is 4.79 Å². The molecule has 0 unspecified atom stereocenters. The Bertz CT molecular complexity index is 1250. The molecule has 5 N–H and O–H groups in total. The Balaban J connectivity index is 1.54. The summed E-state index contributed by atoms with van der Waals surface area (Å²) in [4.78, 5) is 25.1. The number of nitrogens with zero attached hydrogens (tertiary/aromatic N) is 3. The third kappa shape index (κ3) is 4.08. The van der Waals surface area contributed by atoms with Gasteiger partial charge in [-0.25, -0.2) is 9.97 Å². The lowest BCUT2D eigenvalue weighted by Gasteiger charge is -2.14. The number of aromatic nitrogens is 3. The third-order valence-corrected chi connectivity index (χ3v) is 4.62. The number of fused-ring (bicyclic) bond motifs is 1. The van der Waals surface area contributed by atoms with Gasteiger partial charge in [0.1, 0.15) is 12.0 Å². The van der Waals surface area contributed by atoms with Crippen molar-refractivity contribution in [1.82, 2.24) is 20.4 Å². The van der Waals surface area contributed by atoms with E-state index < -0.39 is 0 Å². The Morgan fingerprint density at radius 1 is 1.03 bits per heavy atom. The molecule has 0 atom stereocenters. The summed E-state index contributed by atoms with van der Waals surface area (Å²) < 4.78 is 0. The van der Waals surface area contributed by atoms with E-state index in [0.717, 1.165) is 22.3 Å². The fourth-order valence-corrected chi connectivity index (χ4v) is 3.10. The number of anilines is 4. The minimum atomic E-state index is -0.375. The number of hydrogen-bond donors (Lipinski definition) is 4. The first-order chi connectivity index (χ1) is 14.5. The Hall–Kier alpha value is -3.91. The largest absolute Gasteiger partial charge is 0.393 e. The molecule has 30 heavy (non-hydrogen) atoms. The van der Waals surface area contributed by atoms with Crippen LogP contribution in [0.15, 0.2) is 60.9 Å². The molecule has 0 fully saturated rings. The first kappa shape index (κ1) is 19.4. The van der Waals surface area contributed by atoms with Crippen molar-refractivity contribution in [3.63, 3.8) is 0 Å². The second-order valence-electron chi connectivity index (χ2n) is 6.52. The van der Waals surface area contributed by atoms with Crippen LogP contribution in [0.4, 0.5) is 23.0 Å². The quantitative estimate of drug-likeness (QED) is 0.360. The van der Waals surface area contributed by atoms with Crippen molar-refractivity contribution in [2.24, 2.45) is 0 Å². The maximum atomic E-state index is 12.3. The van der Waals surface area contributed by atoms with E-state index in [2.05, 4.69) is 31.1 Å². The van der Waals surface area contributed by atoms with Gasteiger partial charge in [0, 0.05) is 27.4 Å². The molecule has 0 saturated heterocycles. The molecule has 2 aromatic heterocycles. The molecule has 0 aliphatic carbocycles. The number of amides is 1. The number of carbonyl (C=O) groups excluding carboxylic acids is 1. The zero-order valence-electron chi connectivity index (χ0n) is 16.0. The van der Waals surface area contributed by atoms with Gasteiger partial charge in [-0.3, -0.25) is 20.6 Å². The van der Waals surface area contributed by atoms with Gasteiger partial charge in [0.05, 0.1) is 5.52 Å². The topological polar surface area (TPSA) is 118 Å². The Morgan fingerprint density at radius 2 is 1.83 bits per heavy atom. The number of nitrogens with two attached hydrogens (primary N) is 1. The summed E-state index contributed by atoms with van der Waals surface area (Å²) in [6, 6.07) is 16.3. The van der Waals surface area contributed by atoms with E-state index in [1.807, 2.05) is 37.3 Å². The van der Waals surface area contributed by atoms with Crippen molar-refractivity contribution in [3.05, 3.63) is 77.2 Å². The smallest absolute Gasteiger partial charge is 0.269 e. The van der Waals surface area contributed by atoms with Gasteiger partial charge in [0.2, 0.25) is 0 Å². The Labute approximate surface area is 177 Å². The van der Waals surface area contributed by atoms with Crippen molar-refractivity contribution in [1.29, 1.82) is 0 Å². The van der Waals surface area contributed by atoms with E-state index in [-0.39, 0.29) is 17.4 Å². The molecule has 8 nitrogen and oxygen atoms in total. The minimum absolute atomic E-state index is 0.251. The molecule has 1 amide bonds. The zero-order valence-corrected chi connectivity index (χ0v) is 16.7. The van der Waals surface area contributed by atoms with Gasteiger partial charge in [0.25, 0.3) is 5.91 Å². The maximum absolute atomic E-state index is 12.3. The van der Waals surface area contributed by atoms with Crippen molar-refractivity contribution in [2.45, 2.75) is 6.92 Å². The monoisotopic (exact) mass is 419 g/mol. The molecule has 2 heterocycles. The fourth-order valence-electron chi connectivity index (χ4n) is 2.91. The highest BCUT2D eigenvalue weighted by Crippen LogP contribution is 2.29. The highest BCUT2D eigenvalue weighted by molar-refractivity contribution is 6.31. The lowest BCUT2D eigenvalue weighted by Crippen LogP contribution is -2.30. The highest BCUT2D eigenvalue weighted by atomic mass is 35.5. The van der Waals surface area contributed by atoms with Crippen molar-refractivity contribution in [2.75, 3.05) is 16.5 Å². The molecular weight excluding hydrogens is 402 g/mol. The third-order valence-electron chi connectivity index (χ3n) is 4.39. The molecule has 0 spiro atoms. The maximum Gasteiger partial charge on any atom is 0.269 e. The van der Waals surface area contributed by atoms with E-state index in [0.29, 0.717) is 16.4 Å². The number of benzene rings is 2. The van der Waals surface area contributed by atoms with Gasteiger partial charge in [0.15, 0.2) is 11.6 Å². The number of carbonyl (C=O) groups is 1. The van der Waals surface area contributed by atoms with Crippen LogP contribution in [0.25, 0.3) is 10.9 Å². The van der Waals surface area contributed by atoms with Crippen LogP contribution < -0.4 is 21.9 Å². The van der Waals surface area contributed by atoms with Crippen molar-refractivity contribution < 1.29 is 4.79 Å². The van der Waals surface area contributed by atoms with Gasteiger partial charge < -0.3 is 11.1 Å². The predicted octanol–water partition coefficient (Wildman–Crippen LogP) is 4.07. The summed E-state index contributed by atoms with van der Waals surface area (Å²) >= 11 is 5.93. The van der Waals surface area contributed by atoms with Crippen LogP contribution >= 0.6 is 11.6 Å². The summed E-state index contributed by atoms with van der Waals surface area (Å²) in [5.74, 6) is 0.287. The Kier molecular flexibility index (Phi) is 5.32. The molecule has 9 heteroatoms. The molecule has 0 saturated carbocycles. The van der Waals surface area contributed by atoms with Crippen molar-refractivity contribution in [3.8, 4) is 0 Å². The van der Waals surface area contributed by atoms with Crippen LogP contribution in [-0.2, 0) is 0 Å². The minimum Gasteiger partial charge on any atom is -0.393 e. The van der Waals surface area contributed by atoms with Crippen LogP contribution in [0.2, 0.25) is 5.02 Å². The molecule has 150 valence electrons. The van der Waals surface area contributed by atoms with Crippen LogP contribution in [-0.4, -0.2) is 20.9 Å². The number of nitrogens with one attached hydrogen (secondary N) is 3. The predicted molar refractivity (Wildman–Crippen MR) is 119 cm³/mol. The van der Waals surface area contributed by atoms with E-state index in [1.54, 1.807) is 24.3 Å². The second-order valence-corrected chi connectivity index (χ2v) is 6.96. The SMILES string of the molecule is Cc1ccc2c(Nc3ncnc(NNC(=O)c4cccc(Cl)c4)c3N)cccc2n1. The summed E-state index contributed by atoms with van der Waals surface area (Å²) in [7, 11) is 0. The molecule has 0 radical (unpaired) electrons. The zero-order chi connectivity index (χ0) is 21.1. The summed E-state index contributed by atoms with van der Waals surface area (Å²) in [6.45, 7) is 1.94. The summed E-state index contributed by atoms with van der Waals surface area (Å²) in [5.41, 5.74) is 14.7. The first-order valence-corrected chi connectivity index (χ1v) is 9.45. The standard InChI is InChI=1S/C21H18ClN7O/c1-12-8-9-15-16(26-12)6-3-7-17(15)27-19-18(23)20(25-11-24-19)28-29-21(30)13-4-2-5-14(22)10-13/h2-11H,23H2,1H3,(H,29,30)(H2,24,25,27,28). The Morgan fingerprint density at radius 3 is 2.67 bits per heavy atom. The average Bonchev–Trinajstić information content (AvgIpc) is 2.74. The van der Waals surface area contributed by atoms with Gasteiger partial charge in [-0.1, -0.05) is 23.7 Å². The van der Waals surface area contributed by atoms with Crippen LogP contribution in [0.5, 0.6) is 0 Å². The number of rotatable bonds is 5. The number of halogens is 1. The highest BCUT2D eigenvalue weighted by Gasteiger charge is 2.12. The lowest BCUT2D eigenvalue weighted by atomic mass is 10.1. The number of pyridine rings is 1. The lowest BCUT2D eigenvalue weighted by molar-refractivity contribution is 0.0962.